The van der Waals surface area contributed by atoms with Crippen molar-refractivity contribution in [3.05, 3.63) is 77.4 Å². The number of imide groups is 1. The molecule has 1 heterocycles. The fourth-order valence-corrected chi connectivity index (χ4v) is 3.34. The standard InChI is InChI=1S/C22H17N2O3.Y/c1-3-23(2)20(25)15-9-4-10-16(13-15)24-21(26)17-11-5-7-14-8-6-12-18(19(14)17)22(24)27;/h5-13H,3H2,1-2H3;/q-1;. The van der Waals surface area contributed by atoms with Gasteiger partial charge in [0, 0.05) is 62.8 Å². The molecule has 137 valence electrons. The van der Waals surface area contributed by atoms with Gasteiger partial charge in [0.2, 0.25) is 0 Å². The van der Waals surface area contributed by atoms with E-state index in [2.05, 4.69) is 6.07 Å². The summed E-state index contributed by atoms with van der Waals surface area (Å²) < 4.78 is 0. The Labute approximate surface area is 188 Å². The molecule has 0 N–H and O–H groups in total. The predicted octanol–water partition coefficient (Wildman–Crippen LogP) is 3.53. The largest absolute Gasteiger partial charge is 0.352 e. The van der Waals surface area contributed by atoms with Crippen molar-refractivity contribution in [2.24, 2.45) is 0 Å². The smallest absolute Gasteiger partial charge is 0.254 e. The Bertz CT molecular complexity index is 1060. The van der Waals surface area contributed by atoms with Gasteiger partial charge in [-0.2, -0.15) is 18.2 Å². The SMILES string of the molecule is CCN(C)C(=O)c1c[c-]cc(N2C(=O)c3cccc4cccc(c34)C2=O)c1.[Y]. The quantitative estimate of drug-likeness (QED) is 0.457. The Morgan fingerprint density at radius 1 is 1.04 bits per heavy atom. The maximum atomic E-state index is 13.1. The van der Waals surface area contributed by atoms with E-state index >= 15 is 0 Å². The number of hydrogen-bond acceptors (Lipinski definition) is 3. The second kappa shape index (κ2) is 7.94. The number of anilines is 1. The van der Waals surface area contributed by atoms with Gasteiger partial charge in [-0.3, -0.25) is 19.3 Å². The van der Waals surface area contributed by atoms with Gasteiger partial charge in [0.05, 0.1) is 0 Å². The van der Waals surface area contributed by atoms with Crippen molar-refractivity contribution in [2.75, 3.05) is 18.5 Å². The van der Waals surface area contributed by atoms with Crippen molar-refractivity contribution >= 4 is 34.2 Å². The zero-order valence-electron chi connectivity index (χ0n) is 15.6. The number of amides is 3. The second-order valence-electron chi connectivity index (χ2n) is 6.45. The molecule has 0 atom stereocenters. The van der Waals surface area contributed by atoms with Gasteiger partial charge in [-0.15, -0.1) is 6.07 Å². The summed E-state index contributed by atoms with van der Waals surface area (Å²) in [6.45, 7) is 2.43. The molecule has 0 aromatic heterocycles. The average Bonchev–Trinajstić information content (AvgIpc) is 2.71. The molecule has 1 aliphatic heterocycles. The summed E-state index contributed by atoms with van der Waals surface area (Å²) in [5, 5.41) is 1.53. The minimum absolute atomic E-state index is 0. The van der Waals surface area contributed by atoms with Crippen LogP contribution in [-0.4, -0.2) is 36.2 Å². The fraction of sp³-hybridized carbons (Fsp3) is 0.136. The fourth-order valence-electron chi connectivity index (χ4n) is 3.34. The normalized spacial score (nSPS) is 12.7. The van der Waals surface area contributed by atoms with Gasteiger partial charge in [0.1, 0.15) is 0 Å². The molecule has 3 aromatic rings. The first kappa shape index (κ1) is 20.4. The third kappa shape index (κ3) is 3.19. The van der Waals surface area contributed by atoms with Gasteiger partial charge in [-0.25, -0.2) is 0 Å². The van der Waals surface area contributed by atoms with Crippen LogP contribution < -0.4 is 4.90 Å². The summed E-state index contributed by atoms with van der Waals surface area (Å²) >= 11 is 0. The monoisotopic (exact) mass is 446 g/mol. The van der Waals surface area contributed by atoms with Crippen LogP contribution in [-0.2, 0) is 32.7 Å². The molecule has 0 aliphatic carbocycles. The van der Waals surface area contributed by atoms with Crippen LogP contribution in [0.25, 0.3) is 10.8 Å². The average molecular weight is 446 g/mol. The Kier molecular flexibility index (Phi) is 5.77. The number of nitrogens with zero attached hydrogens (tertiary/aromatic N) is 2. The van der Waals surface area contributed by atoms with Crippen molar-refractivity contribution < 1.29 is 47.1 Å². The third-order valence-electron chi connectivity index (χ3n) is 4.87. The zero-order valence-corrected chi connectivity index (χ0v) is 18.4. The molecule has 0 spiro atoms. The van der Waals surface area contributed by atoms with E-state index in [1.54, 1.807) is 54.4 Å². The van der Waals surface area contributed by atoms with Crippen molar-refractivity contribution in [3.8, 4) is 0 Å². The van der Waals surface area contributed by atoms with Crippen LogP contribution in [0.3, 0.4) is 0 Å². The van der Waals surface area contributed by atoms with Gasteiger partial charge >= 0.3 is 0 Å². The predicted molar refractivity (Wildman–Crippen MR) is 103 cm³/mol. The number of rotatable bonds is 3. The molecule has 0 saturated carbocycles. The summed E-state index contributed by atoms with van der Waals surface area (Å²) in [6.07, 6.45) is 0. The Morgan fingerprint density at radius 2 is 1.64 bits per heavy atom. The molecular weight excluding hydrogens is 429 g/mol. The van der Waals surface area contributed by atoms with Gasteiger partial charge in [0.25, 0.3) is 11.8 Å². The zero-order chi connectivity index (χ0) is 19.1. The van der Waals surface area contributed by atoms with Crippen LogP contribution in [0.5, 0.6) is 0 Å². The number of hydrogen-bond donors (Lipinski definition) is 0. The molecule has 4 rings (SSSR count). The number of carbonyl (C=O) groups is 3. The number of benzene rings is 3. The minimum Gasteiger partial charge on any atom is -0.352 e. The Morgan fingerprint density at radius 3 is 2.21 bits per heavy atom. The van der Waals surface area contributed by atoms with E-state index in [0.717, 1.165) is 10.3 Å². The van der Waals surface area contributed by atoms with Gasteiger partial charge in [0.15, 0.2) is 5.91 Å². The van der Waals surface area contributed by atoms with Crippen LogP contribution in [0.1, 0.15) is 38.0 Å². The second-order valence-corrected chi connectivity index (χ2v) is 6.45. The first-order valence-corrected chi connectivity index (χ1v) is 8.70. The summed E-state index contributed by atoms with van der Waals surface area (Å²) in [4.78, 5) is 41.3. The molecule has 28 heavy (non-hydrogen) atoms. The first-order chi connectivity index (χ1) is 13.0. The molecule has 0 bridgehead atoms. The molecule has 0 saturated heterocycles. The molecule has 0 fully saturated rings. The number of carbonyl (C=O) groups excluding carboxylic acids is 3. The molecule has 3 aromatic carbocycles. The van der Waals surface area contributed by atoms with Crippen LogP contribution in [0.15, 0.2) is 54.6 Å². The van der Waals surface area contributed by atoms with E-state index in [9.17, 15) is 14.4 Å². The van der Waals surface area contributed by atoms with E-state index < -0.39 is 11.8 Å². The molecule has 5 nitrogen and oxygen atoms in total. The summed E-state index contributed by atoms with van der Waals surface area (Å²) in [5.74, 6) is -0.979. The molecule has 6 heteroatoms. The molecule has 0 unspecified atom stereocenters. The summed E-state index contributed by atoms with van der Waals surface area (Å²) in [7, 11) is 1.70. The third-order valence-corrected chi connectivity index (χ3v) is 4.87. The maximum absolute atomic E-state index is 13.1. The molecular formula is C22H17N2O3Y-. The minimum atomic E-state index is -0.397. The van der Waals surface area contributed by atoms with E-state index in [-0.39, 0.29) is 38.6 Å². The molecule has 3 amide bonds. The molecule has 1 aliphatic rings. The summed E-state index contributed by atoms with van der Waals surface area (Å²) in [5.41, 5.74) is 1.68. The Hall–Kier alpha value is -2.37. The van der Waals surface area contributed by atoms with Crippen LogP contribution in [0.2, 0.25) is 0 Å². The van der Waals surface area contributed by atoms with Crippen LogP contribution in [0.4, 0.5) is 5.69 Å². The maximum Gasteiger partial charge on any atom is 0.254 e. The first-order valence-electron chi connectivity index (χ1n) is 8.70. The topological polar surface area (TPSA) is 57.7 Å². The van der Waals surface area contributed by atoms with E-state index in [4.69, 9.17) is 0 Å². The van der Waals surface area contributed by atoms with Gasteiger partial charge < -0.3 is 4.90 Å². The van der Waals surface area contributed by atoms with Crippen molar-refractivity contribution in [1.82, 2.24) is 4.90 Å². The van der Waals surface area contributed by atoms with E-state index in [0.29, 0.717) is 34.3 Å². The summed E-state index contributed by atoms with van der Waals surface area (Å²) in [6, 6.07) is 18.4. The van der Waals surface area contributed by atoms with Crippen molar-refractivity contribution in [2.45, 2.75) is 6.92 Å². The van der Waals surface area contributed by atoms with Crippen molar-refractivity contribution in [3.63, 3.8) is 0 Å². The molecule has 1 radical (unpaired) electrons. The van der Waals surface area contributed by atoms with Gasteiger partial charge in [-0.1, -0.05) is 35.5 Å². The van der Waals surface area contributed by atoms with Crippen molar-refractivity contribution in [1.29, 1.82) is 0 Å². The Balaban J connectivity index is 0.00000225. The van der Waals surface area contributed by atoms with Gasteiger partial charge in [-0.05, 0) is 24.4 Å². The van der Waals surface area contributed by atoms with E-state index in [1.165, 1.54) is 0 Å². The van der Waals surface area contributed by atoms with E-state index in [1.807, 2.05) is 19.1 Å². The van der Waals surface area contributed by atoms with Crippen LogP contribution in [0, 0.1) is 6.07 Å². The van der Waals surface area contributed by atoms with Crippen LogP contribution >= 0.6 is 0 Å².